The van der Waals surface area contributed by atoms with Crippen LogP contribution in [0.3, 0.4) is 0 Å². The predicted molar refractivity (Wildman–Crippen MR) is 83.4 cm³/mol. The topological polar surface area (TPSA) is 26.0 Å². The molecule has 108 valence electrons. The molecule has 0 aliphatic carbocycles. The molecule has 21 heavy (non-hydrogen) atoms. The Morgan fingerprint density at radius 1 is 1.10 bits per heavy atom. The third kappa shape index (κ3) is 2.82. The second-order valence-corrected chi connectivity index (χ2v) is 6.42. The van der Waals surface area contributed by atoms with E-state index >= 15 is 0 Å². The van der Waals surface area contributed by atoms with Crippen molar-refractivity contribution in [2.24, 2.45) is 5.73 Å². The summed E-state index contributed by atoms with van der Waals surface area (Å²) >= 11 is 1.65. The summed E-state index contributed by atoms with van der Waals surface area (Å²) in [6.07, 6.45) is 0.528. The van der Waals surface area contributed by atoms with Gasteiger partial charge in [-0.1, -0.05) is 18.2 Å². The van der Waals surface area contributed by atoms with Crippen molar-refractivity contribution in [1.29, 1.82) is 0 Å². The van der Waals surface area contributed by atoms with Crippen LogP contribution in [0, 0.1) is 11.6 Å². The average molecular weight is 303 g/mol. The Hall–Kier alpha value is -1.78. The van der Waals surface area contributed by atoms with Gasteiger partial charge in [0.15, 0.2) is 0 Å². The monoisotopic (exact) mass is 303 g/mol. The van der Waals surface area contributed by atoms with Gasteiger partial charge in [0.25, 0.3) is 0 Å². The fraction of sp³-hybridized carbons (Fsp3) is 0.176. The first-order valence-electron chi connectivity index (χ1n) is 6.66. The second-order valence-electron chi connectivity index (χ2n) is 5.51. The Labute approximate surface area is 126 Å². The van der Waals surface area contributed by atoms with Gasteiger partial charge in [0, 0.05) is 16.3 Å². The van der Waals surface area contributed by atoms with Crippen molar-refractivity contribution in [2.75, 3.05) is 0 Å². The highest BCUT2D eigenvalue weighted by molar-refractivity contribution is 7.17. The van der Waals surface area contributed by atoms with E-state index in [2.05, 4.69) is 11.4 Å². The van der Waals surface area contributed by atoms with E-state index in [1.165, 1.54) is 16.8 Å². The molecule has 0 saturated carbocycles. The Balaban J connectivity index is 1.99. The van der Waals surface area contributed by atoms with Crippen molar-refractivity contribution >= 4 is 21.4 Å². The number of fused-ring (bicyclic) bond motifs is 1. The minimum Gasteiger partial charge on any atom is -0.321 e. The maximum Gasteiger partial charge on any atom is 0.126 e. The Bertz CT molecular complexity index is 772. The summed E-state index contributed by atoms with van der Waals surface area (Å²) in [5.74, 6) is -1.20. The van der Waals surface area contributed by atoms with Crippen LogP contribution in [0.5, 0.6) is 0 Å². The average Bonchev–Trinajstić information content (AvgIpc) is 2.81. The summed E-state index contributed by atoms with van der Waals surface area (Å²) in [6, 6.07) is 11.5. The summed E-state index contributed by atoms with van der Waals surface area (Å²) in [6.45, 7) is 1.80. The molecule has 2 aromatic carbocycles. The number of rotatable bonds is 3. The van der Waals surface area contributed by atoms with Crippen LogP contribution in [0.4, 0.5) is 8.78 Å². The quantitative estimate of drug-likeness (QED) is 0.752. The summed E-state index contributed by atoms with van der Waals surface area (Å²) in [7, 11) is 0. The van der Waals surface area contributed by atoms with Gasteiger partial charge in [-0.3, -0.25) is 0 Å². The summed E-state index contributed by atoms with van der Waals surface area (Å²) < 4.78 is 28.0. The van der Waals surface area contributed by atoms with Crippen LogP contribution in [0.2, 0.25) is 0 Å². The van der Waals surface area contributed by atoms with E-state index < -0.39 is 17.2 Å². The fourth-order valence-electron chi connectivity index (χ4n) is 2.55. The molecule has 0 spiro atoms. The van der Waals surface area contributed by atoms with Gasteiger partial charge in [-0.25, -0.2) is 8.78 Å². The van der Waals surface area contributed by atoms with E-state index in [0.29, 0.717) is 12.0 Å². The van der Waals surface area contributed by atoms with Crippen LogP contribution in [0.1, 0.15) is 18.1 Å². The SMILES string of the molecule is CC(N)(Cc1csc2ccccc12)c1cc(F)cc(F)c1. The predicted octanol–water partition coefficient (Wildman–Crippen LogP) is 4.60. The minimum atomic E-state index is -0.827. The Morgan fingerprint density at radius 3 is 2.48 bits per heavy atom. The molecule has 3 aromatic rings. The maximum atomic E-state index is 13.4. The zero-order valence-electron chi connectivity index (χ0n) is 11.6. The Morgan fingerprint density at radius 2 is 1.76 bits per heavy atom. The zero-order valence-corrected chi connectivity index (χ0v) is 12.4. The molecule has 0 amide bonds. The lowest BCUT2D eigenvalue weighted by atomic mass is 9.86. The molecular formula is C17H15F2NS. The van der Waals surface area contributed by atoms with Crippen molar-refractivity contribution in [3.63, 3.8) is 0 Å². The first-order chi connectivity index (χ1) is 9.95. The molecule has 1 atom stereocenters. The molecule has 0 fully saturated rings. The molecule has 4 heteroatoms. The Kier molecular flexibility index (Phi) is 3.51. The van der Waals surface area contributed by atoms with Crippen molar-refractivity contribution in [1.82, 2.24) is 0 Å². The summed E-state index contributed by atoms with van der Waals surface area (Å²) in [5.41, 5.74) is 7.07. The van der Waals surface area contributed by atoms with Crippen molar-refractivity contribution in [2.45, 2.75) is 18.9 Å². The number of hydrogen-bond donors (Lipinski definition) is 1. The number of benzene rings is 2. The molecule has 0 saturated heterocycles. The minimum absolute atomic E-state index is 0.468. The van der Waals surface area contributed by atoms with E-state index in [4.69, 9.17) is 5.73 Å². The standard InChI is InChI=1S/C17H15F2NS/c1-17(20,12-6-13(18)8-14(19)7-12)9-11-10-21-16-5-3-2-4-15(11)16/h2-8,10H,9,20H2,1H3. The smallest absolute Gasteiger partial charge is 0.126 e. The highest BCUT2D eigenvalue weighted by atomic mass is 32.1. The number of halogens is 2. The second kappa shape index (κ2) is 5.20. The van der Waals surface area contributed by atoms with Crippen molar-refractivity contribution in [3.05, 3.63) is 70.6 Å². The molecule has 1 nitrogen and oxygen atoms in total. The lowest BCUT2D eigenvalue weighted by molar-refractivity contribution is 0.480. The summed E-state index contributed by atoms with van der Waals surface area (Å²) in [4.78, 5) is 0. The highest BCUT2D eigenvalue weighted by Gasteiger charge is 2.24. The number of nitrogens with two attached hydrogens (primary N) is 1. The van der Waals surface area contributed by atoms with Crippen LogP contribution in [-0.2, 0) is 12.0 Å². The van der Waals surface area contributed by atoms with Gasteiger partial charge in [-0.2, -0.15) is 0 Å². The van der Waals surface area contributed by atoms with Crippen LogP contribution < -0.4 is 5.73 Å². The van der Waals surface area contributed by atoms with E-state index in [-0.39, 0.29) is 0 Å². The van der Waals surface area contributed by atoms with E-state index in [9.17, 15) is 8.78 Å². The molecule has 0 bridgehead atoms. The van der Waals surface area contributed by atoms with Gasteiger partial charge in [0.1, 0.15) is 11.6 Å². The number of hydrogen-bond acceptors (Lipinski definition) is 2. The summed E-state index contributed by atoms with van der Waals surface area (Å²) in [5, 5.41) is 3.21. The van der Waals surface area contributed by atoms with Crippen LogP contribution in [0.15, 0.2) is 47.8 Å². The first-order valence-corrected chi connectivity index (χ1v) is 7.54. The first kappa shape index (κ1) is 14.2. The van der Waals surface area contributed by atoms with Gasteiger partial charge in [0.2, 0.25) is 0 Å². The third-order valence-electron chi connectivity index (χ3n) is 3.64. The lowest BCUT2D eigenvalue weighted by Crippen LogP contribution is -2.35. The normalized spacial score (nSPS) is 14.3. The van der Waals surface area contributed by atoms with E-state index in [1.807, 2.05) is 18.2 Å². The molecule has 0 aliphatic heterocycles. The zero-order chi connectivity index (χ0) is 15.0. The fourth-order valence-corrected chi connectivity index (χ4v) is 3.51. The van der Waals surface area contributed by atoms with Gasteiger partial charge in [-0.05, 0) is 53.4 Å². The van der Waals surface area contributed by atoms with Crippen molar-refractivity contribution < 1.29 is 8.78 Å². The largest absolute Gasteiger partial charge is 0.321 e. The van der Waals surface area contributed by atoms with Crippen LogP contribution in [-0.4, -0.2) is 0 Å². The molecular weight excluding hydrogens is 288 g/mol. The molecule has 2 N–H and O–H groups in total. The van der Waals surface area contributed by atoms with E-state index in [1.54, 1.807) is 18.3 Å². The number of thiophene rings is 1. The van der Waals surface area contributed by atoms with Gasteiger partial charge in [0.05, 0.1) is 0 Å². The van der Waals surface area contributed by atoms with Crippen molar-refractivity contribution in [3.8, 4) is 0 Å². The van der Waals surface area contributed by atoms with E-state index in [0.717, 1.165) is 17.0 Å². The molecule has 1 aromatic heterocycles. The van der Waals surface area contributed by atoms with Crippen LogP contribution >= 0.6 is 11.3 Å². The highest BCUT2D eigenvalue weighted by Crippen LogP contribution is 2.31. The molecule has 1 unspecified atom stereocenters. The van der Waals surface area contributed by atoms with Gasteiger partial charge < -0.3 is 5.73 Å². The molecule has 1 heterocycles. The molecule has 3 rings (SSSR count). The lowest BCUT2D eigenvalue weighted by Gasteiger charge is -2.25. The van der Waals surface area contributed by atoms with Gasteiger partial charge >= 0.3 is 0 Å². The molecule has 0 aliphatic rings. The maximum absolute atomic E-state index is 13.4. The van der Waals surface area contributed by atoms with Crippen LogP contribution in [0.25, 0.3) is 10.1 Å². The molecule has 0 radical (unpaired) electrons. The third-order valence-corrected chi connectivity index (χ3v) is 4.65. The van der Waals surface area contributed by atoms with Gasteiger partial charge in [-0.15, -0.1) is 11.3 Å².